The number of amides is 1. The molecule has 2 aliphatic rings. The number of nitrogens with one attached hydrogen (secondary N) is 2. The molecule has 22 heavy (non-hydrogen) atoms. The number of aliphatic carboxylic acids is 1. The van der Waals surface area contributed by atoms with Gasteiger partial charge in [-0.05, 0) is 49.7 Å². The monoisotopic (exact) mass is 304 g/mol. The van der Waals surface area contributed by atoms with Gasteiger partial charge in [0.2, 0.25) is 0 Å². The second kappa shape index (κ2) is 5.94. The molecule has 0 radical (unpaired) electrons. The highest BCUT2D eigenvalue weighted by atomic mass is 16.4. The summed E-state index contributed by atoms with van der Waals surface area (Å²) in [6.45, 7) is 0. The molecule has 2 aliphatic carbocycles. The van der Waals surface area contributed by atoms with Gasteiger partial charge in [-0.1, -0.05) is 12.8 Å². The predicted octanol–water partition coefficient (Wildman–Crippen LogP) is 1.24. The van der Waals surface area contributed by atoms with E-state index >= 15 is 0 Å². The number of rotatable bonds is 5. The van der Waals surface area contributed by atoms with Crippen molar-refractivity contribution in [2.45, 2.75) is 51.0 Å². The van der Waals surface area contributed by atoms with Crippen molar-refractivity contribution in [3.63, 3.8) is 0 Å². The third-order valence-corrected chi connectivity index (χ3v) is 4.45. The van der Waals surface area contributed by atoms with E-state index in [-0.39, 0.29) is 5.56 Å². The van der Waals surface area contributed by atoms with Gasteiger partial charge in [0.15, 0.2) is 0 Å². The molecule has 1 aromatic heterocycles. The summed E-state index contributed by atoms with van der Waals surface area (Å²) in [5.41, 5.74) is 1.47. The lowest BCUT2D eigenvalue weighted by atomic mass is 9.95. The Morgan fingerprint density at radius 3 is 2.73 bits per heavy atom. The van der Waals surface area contributed by atoms with E-state index in [1.165, 1.54) is 0 Å². The summed E-state index contributed by atoms with van der Waals surface area (Å²) in [6, 6.07) is 0.703. The SMILES string of the molecule is O=C(NC(CC1CC1)C(=O)O)c1cc2c([nH]c1=O)CCCC2. The van der Waals surface area contributed by atoms with Gasteiger partial charge >= 0.3 is 5.97 Å². The molecule has 1 fully saturated rings. The third-order valence-electron chi connectivity index (χ3n) is 4.45. The highest BCUT2D eigenvalue weighted by Gasteiger charge is 2.31. The molecule has 1 amide bonds. The van der Waals surface area contributed by atoms with Gasteiger partial charge in [0, 0.05) is 5.69 Å². The topological polar surface area (TPSA) is 99.3 Å². The molecule has 1 atom stereocenters. The van der Waals surface area contributed by atoms with Crippen LogP contribution >= 0.6 is 0 Å². The molecule has 6 nitrogen and oxygen atoms in total. The van der Waals surface area contributed by atoms with Gasteiger partial charge in [0.25, 0.3) is 11.5 Å². The Morgan fingerprint density at radius 1 is 1.32 bits per heavy atom. The molecule has 0 bridgehead atoms. The maximum absolute atomic E-state index is 12.3. The van der Waals surface area contributed by atoms with Crippen LogP contribution in [0.1, 0.15) is 53.7 Å². The number of carboxylic acids is 1. The first-order chi connectivity index (χ1) is 10.5. The maximum atomic E-state index is 12.3. The number of hydrogen-bond acceptors (Lipinski definition) is 3. The quantitative estimate of drug-likeness (QED) is 0.762. The van der Waals surface area contributed by atoms with Crippen molar-refractivity contribution in [1.29, 1.82) is 0 Å². The fourth-order valence-electron chi connectivity index (χ4n) is 2.99. The van der Waals surface area contributed by atoms with Crippen molar-refractivity contribution in [3.8, 4) is 0 Å². The Hall–Kier alpha value is -2.11. The molecule has 1 saturated carbocycles. The van der Waals surface area contributed by atoms with Gasteiger partial charge in [-0.3, -0.25) is 9.59 Å². The summed E-state index contributed by atoms with van der Waals surface area (Å²) < 4.78 is 0. The van der Waals surface area contributed by atoms with Gasteiger partial charge in [-0.25, -0.2) is 4.79 Å². The lowest BCUT2D eigenvalue weighted by Gasteiger charge is -2.17. The van der Waals surface area contributed by atoms with Crippen molar-refractivity contribution in [2.75, 3.05) is 0 Å². The molecule has 1 unspecified atom stereocenters. The number of aromatic nitrogens is 1. The molecule has 0 aliphatic heterocycles. The first-order valence-corrected chi connectivity index (χ1v) is 7.83. The molecule has 3 rings (SSSR count). The lowest BCUT2D eigenvalue weighted by Crippen LogP contribution is -2.43. The van der Waals surface area contributed by atoms with Crippen LogP contribution in [-0.2, 0) is 17.6 Å². The van der Waals surface area contributed by atoms with E-state index in [4.69, 9.17) is 0 Å². The van der Waals surface area contributed by atoms with Crippen molar-refractivity contribution in [2.24, 2.45) is 5.92 Å². The van der Waals surface area contributed by atoms with Crippen LogP contribution in [0.3, 0.4) is 0 Å². The molecular formula is C16H20N2O4. The molecule has 1 aromatic rings. The number of fused-ring (bicyclic) bond motifs is 1. The standard InChI is InChI=1S/C16H20N2O4/c19-14-11(8-10-3-1-2-4-12(10)17-14)15(20)18-13(16(21)22)7-9-5-6-9/h8-9,13H,1-7H2,(H,17,19)(H,18,20)(H,21,22). The zero-order chi connectivity index (χ0) is 15.7. The number of carbonyl (C=O) groups is 2. The number of aromatic amines is 1. The summed E-state index contributed by atoms with van der Waals surface area (Å²) in [5, 5.41) is 11.7. The molecule has 0 aromatic carbocycles. The normalized spacial score (nSPS) is 18.4. The van der Waals surface area contributed by atoms with Gasteiger partial charge in [0.05, 0.1) is 0 Å². The van der Waals surface area contributed by atoms with Gasteiger partial charge in [-0.15, -0.1) is 0 Å². The highest BCUT2D eigenvalue weighted by molar-refractivity contribution is 5.96. The van der Waals surface area contributed by atoms with Crippen LogP contribution in [-0.4, -0.2) is 28.0 Å². The smallest absolute Gasteiger partial charge is 0.326 e. The molecule has 118 valence electrons. The average Bonchev–Trinajstić information content (AvgIpc) is 3.29. The second-order valence-electron chi connectivity index (χ2n) is 6.27. The molecule has 0 saturated heterocycles. The summed E-state index contributed by atoms with van der Waals surface area (Å²) in [4.78, 5) is 38.3. The number of aryl methyl sites for hydroxylation is 2. The van der Waals surface area contributed by atoms with E-state index in [2.05, 4.69) is 10.3 Å². The molecular weight excluding hydrogens is 284 g/mol. The van der Waals surface area contributed by atoms with E-state index < -0.39 is 23.5 Å². The van der Waals surface area contributed by atoms with E-state index in [0.29, 0.717) is 12.3 Å². The zero-order valence-corrected chi connectivity index (χ0v) is 12.4. The largest absolute Gasteiger partial charge is 0.480 e. The second-order valence-corrected chi connectivity index (χ2v) is 6.27. The highest BCUT2D eigenvalue weighted by Crippen LogP contribution is 2.33. The minimum atomic E-state index is -1.05. The number of carbonyl (C=O) groups excluding carboxylic acids is 1. The summed E-state index contributed by atoms with van der Waals surface area (Å²) in [7, 11) is 0. The fourth-order valence-corrected chi connectivity index (χ4v) is 2.99. The van der Waals surface area contributed by atoms with Gasteiger partial charge < -0.3 is 15.4 Å². The molecule has 0 spiro atoms. The van der Waals surface area contributed by atoms with Crippen molar-refractivity contribution in [3.05, 3.63) is 33.2 Å². The van der Waals surface area contributed by atoms with E-state index in [0.717, 1.165) is 49.8 Å². The van der Waals surface area contributed by atoms with Crippen LogP contribution < -0.4 is 10.9 Å². The van der Waals surface area contributed by atoms with Crippen LogP contribution in [0, 0.1) is 5.92 Å². The number of H-pyrrole nitrogens is 1. The van der Waals surface area contributed by atoms with E-state index in [9.17, 15) is 19.5 Å². The molecule has 3 N–H and O–H groups in total. The summed E-state index contributed by atoms with van der Waals surface area (Å²) >= 11 is 0. The zero-order valence-electron chi connectivity index (χ0n) is 12.4. The Balaban J connectivity index is 1.78. The van der Waals surface area contributed by atoms with E-state index in [1.54, 1.807) is 6.07 Å². The number of hydrogen-bond donors (Lipinski definition) is 3. The Labute approximate surface area is 127 Å². The predicted molar refractivity (Wildman–Crippen MR) is 79.9 cm³/mol. The van der Waals surface area contributed by atoms with Crippen LogP contribution in [0.4, 0.5) is 0 Å². The van der Waals surface area contributed by atoms with Gasteiger partial charge in [-0.2, -0.15) is 0 Å². The maximum Gasteiger partial charge on any atom is 0.326 e. The fraction of sp³-hybridized carbons (Fsp3) is 0.562. The Morgan fingerprint density at radius 2 is 2.05 bits per heavy atom. The number of pyridine rings is 1. The third kappa shape index (κ3) is 3.21. The van der Waals surface area contributed by atoms with Crippen LogP contribution in [0.25, 0.3) is 0 Å². The minimum absolute atomic E-state index is 0.0164. The van der Waals surface area contributed by atoms with Crippen LogP contribution in [0.15, 0.2) is 10.9 Å². The molecule has 6 heteroatoms. The average molecular weight is 304 g/mol. The van der Waals surface area contributed by atoms with Crippen molar-refractivity contribution in [1.82, 2.24) is 10.3 Å². The summed E-state index contributed by atoms with van der Waals surface area (Å²) in [5.74, 6) is -1.26. The summed E-state index contributed by atoms with van der Waals surface area (Å²) in [6.07, 6.45) is 6.21. The first-order valence-electron chi connectivity index (χ1n) is 7.83. The van der Waals surface area contributed by atoms with E-state index in [1.807, 2.05) is 0 Å². The Kier molecular flexibility index (Phi) is 4.00. The van der Waals surface area contributed by atoms with Gasteiger partial charge in [0.1, 0.15) is 11.6 Å². The van der Waals surface area contributed by atoms with Crippen LogP contribution in [0.5, 0.6) is 0 Å². The Bertz CT molecular complexity index is 661. The van der Waals surface area contributed by atoms with Crippen molar-refractivity contribution < 1.29 is 14.7 Å². The van der Waals surface area contributed by atoms with Crippen LogP contribution in [0.2, 0.25) is 0 Å². The first kappa shape index (κ1) is 14.8. The number of carboxylic acid groups (broad SMARTS) is 1. The lowest BCUT2D eigenvalue weighted by molar-refractivity contribution is -0.139. The minimum Gasteiger partial charge on any atom is -0.480 e. The molecule has 1 heterocycles. The van der Waals surface area contributed by atoms with Crippen molar-refractivity contribution >= 4 is 11.9 Å².